The molecule has 26 heavy (non-hydrogen) atoms. The lowest BCUT2D eigenvalue weighted by Gasteiger charge is -2.10. The molecule has 0 atom stereocenters. The Hall–Kier alpha value is -3.15. The number of aromatic nitrogens is 2. The van der Waals surface area contributed by atoms with Crippen molar-refractivity contribution in [2.45, 2.75) is 20.0 Å². The summed E-state index contributed by atoms with van der Waals surface area (Å²) in [5.41, 5.74) is 3.03. The van der Waals surface area contributed by atoms with E-state index in [0.29, 0.717) is 19.0 Å². The lowest BCUT2D eigenvalue weighted by Crippen LogP contribution is -2.37. The molecule has 0 fully saturated rings. The molecule has 0 amide bonds. The maximum atomic E-state index is 13.0. The minimum Gasteiger partial charge on any atom is -0.357 e. The van der Waals surface area contributed by atoms with E-state index in [1.807, 2.05) is 43.5 Å². The predicted octanol–water partition coefficient (Wildman–Crippen LogP) is 3.47. The van der Waals surface area contributed by atoms with E-state index in [0.717, 1.165) is 29.2 Å². The lowest BCUT2D eigenvalue weighted by atomic mass is 10.2. The summed E-state index contributed by atoms with van der Waals surface area (Å²) in [6, 6.07) is 16.4. The summed E-state index contributed by atoms with van der Waals surface area (Å²) in [6.45, 7) is 3.77. The number of rotatable bonds is 6. The summed E-state index contributed by atoms with van der Waals surface area (Å²) >= 11 is 0. The van der Waals surface area contributed by atoms with E-state index in [4.69, 9.17) is 0 Å². The highest BCUT2D eigenvalue weighted by molar-refractivity contribution is 5.79. The van der Waals surface area contributed by atoms with Crippen LogP contribution in [0.2, 0.25) is 0 Å². The number of nitrogens with one attached hydrogen (secondary N) is 3. The number of hydrogen-bond donors (Lipinski definition) is 3. The Morgan fingerprint density at radius 2 is 1.85 bits per heavy atom. The van der Waals surface area contributed by atoms with Gasteiger partial charge in [-0.1, -0.05) is 42.5 Å². The Morgan fingerprint density at radius 3 is 2.58 bits per heavy atom. The van der Waals surface area contributed by atoms with Crippen molar-refractivity contribution >= 4 is 5.96 Å². The molecule has 5 nitrogen and oxygen atoms in total. The van der Waals surface area contributed by atoms with Crippen molar-refractivity contribution in [2.24, 2.45) is 4.99 Å². The molecule has 0 unspecified atom stereocenters. The Labute approximate surface area is 152 Å². The maximum absolute atomic E-state index is 13.0. The fourth-order valence-corrected chi connectivity index (χ4v) is 2.49. The van der Waals surface area contributed by atoms with Gasteiger partial charge in [-0.15, -0.1) is 0 Å². The van der Waals surface area contributed by atoms with Crippen LogP contribution in [0.4, 0.5) is 4.39 Å². The van der Waals surface area contributed by atoms with Gasteiger partial charge in [0.15, 0.2) is 5.96 Å². The van der Waals surface area contributed by atoms with E-state index < -0.39 is 0 Å². The molecule has 1 aromatic heterocycles. The van der Waals surface area contributed by atoms with Crippen LogP contribution in [0, 0.1) is 5.82 Å². The van der Waals surface area contributed by atoms with E-state index in [9.17, 15) is 4.39 Å². The van der Waals surface area contributed by atoms with Crippen molar-refractivity contribution in [2.75, 3.05) is 6.54 Å². The van der Waals surface area contributed by atoms with Crippen LogP contribution < -0.4 is 10.6 Å². The third-order valence-electron chi connectivity index (χ3n) is 3.81. The van der Waals surface area contributed by atoms with Crippen molar-refractivity contribution in [3.05, 3.63) is 78.0 Å². The summed E-state index contributed by atoms with van der Waals surface area (Å²) < 4.78 is 13.0. The number of hydrogen-bond acceptors (Lipinski definition) is 2. The number of benzene rings is 2. The van der Waals surface area contributed by atoms with Crippen LogP contribution in [0.1, 0.15) is 18.3 Å². The molecule has 6 heteroatoms. The topological polar surface area (TPSA) is 65.1 Å². The summed E-state index contributed by atoms with van der Waals surface area (Å²) in [4.78, 5) is 12.2. The van der Waals surface area contributed by atoms with Crippen LogP contribution in [0.5, 0.6) is 0 Å². The first-order chi connectivity index (χ1) is 12.7. The number of guanidine groups is 1. The zero-order valence-electron chi connectivity index (χ0n) is 14.7. The standard InChI is InChI=1S/C20H22FN5/c1-2-22-20(24-12-15-8-10-17(21)11-9-15)25-14-19-23-13-18(26-19)16-6-4-3-5-7-16/h3-11,13H,2,12,14H2,1H3,(H,23,26)(H2,22,24,25). The molecule has 0 aliphatic carbocycles. The van der Waals surface area contributed by atoms with E-state index in [2.05, 4.69) is 25.6 Å². The molecule has 3 N–H and O–H groups in total. The van der Waals surface area contributed by atoms with Crippen LogP contribution in [-0.4, -0.2) is 22.5 Å². The van der Waals surface area contributed by atoms with Crippen molar-refractivity contribution in [1.82, 2.24) is 20.6 Å². The molecule has 0 saturated carbocycles. The predicted molar refractivity (Wildman–Crippen MR) is 102 cm³/mol. The zero-order valence-corrected chi connectivity index (χ0v) is 14.7. The zero-order chi connectivity index (χ0) is 18.2. The van der Waals surface area contributed by atoms with Gasteiger partial charge in [0.05, 0.1) is 25.0 Å². The van der Waals surface area contributed by atoms with Crippen LogP contribution in [0.3, 0.4) is 0 Å². The molecule has 0 saturated heterocycles. The second kappa shape index (κ2) is 8.80. The van der Waals surface area contributed by atoms with Crippen LogP contribution >= 0.6 is 0 Å². The maximum Gasteiger partial charge on any atom is 0.191 e. The fourth-order valence-electron chi connectivity index (χ4n) is 2.49. The minimum atomic E-state index is -0.241. The Morgan fingerprint density at radius 1 is 1.08 bits per heavy atom. The number of aliphatic imine (C=N–C) groups is 1. The fraction of sp³-hybridized carbons (Fsp3) is 0.200. The van der Waals surface area contributed by atoms with Gasteiger partial charge >= 0.3 is 0 Å². The molecule has 0 spiro atoms. The van der Waals surface area contributed by atoms with Crippen LogP contribution in [-0.2, 0) is 13.1 Å². The Balaban J connectivity index is 1.61. The van der Waals surface area contributed by atoms with E-state index in [1.165, 1.54) is 12.1 Å². The molecule has 1 heterocycles. The van der Waals surface area contributed by atoms with Gasteiger partial charge in [-0.2, -0.15) is 0 Å². The molecule has 0 aliphatic rings. The lowest BCUT2D eigenvalue weighted by molar-refractivity contribution is 0.627. The van der Waals surface area contributed by atoms with Gasteiger partial charge in [-0.3, -0.25) is 0 Å². The third kappa shape index (κ3) is 4.92. The number of aromatic amines is 1. The molecule has 0 radical (unpaired) electrons. The largest absolute Gasteiger partial charge is 0.357 e. The average molecular weight is 351 g/mol. The molecule has 3 aromatic rings. The molecular weight excluding hydrogens is 329 g/mol. The average Bonchev–Trinajstić information content (AvgIpc) is 3.15. The van der Waals surface area contributed by atoms with Gasteiger partial charge in [0.2, 0.25) is 0 Å². The first kappa shape index (κ1) is 17.7. The molecule has 0 bridgehead atoms. The van der Waals surface area contributed by atoms with E-state index in [1.54, 1.807) is 12.1 Å². The highest BCUT2D eigenvalue weighted by atomic mass is 19.1. The van der Waals surface area contributed by atoms with Gasteiger partial charge in [0.25, 0.3) is 0 Å². The smallest absolute Gasteiger partial charge is 0.191 e. The minimum absolute atomic E-state index is 0.241. The monoisotopic (exact) mass is 351 g/mol. The SMILES string of the molecule is CCNC(=NCc1ccc(F)cc1)NCc1ncc(-c2ccccc2)[nH]1. The summed E-state index contributed by atoms with van der Waals surface area (Å²) in [6.07, 6.45) is 1.83. The van der Waals surface area contributed by atoms with Crippen molar-refractivity contribution in [1.29, 1.82) is 0 Å². The first-order valence-corrected chi connectivity index (χ1v) is 8.60. The molecule has 2 aromatic carbocycles. The van der Waals surface area contributed by atoms with Crippen LogP contribution in [0.15, 0.2) is 65.8 Å². The second-order valence-corrected chi connectivity index (χ2v) is 5.78. The van der Waals surface area contributed by atoms with Crippen molar-refractivity contribution in [3.8, 4) is 11.3 Å². The van der Waals surface area contributed by atoms with Gasteiger partial charge < -0.3 is 15.6 Å². The highest BCUT2D eigenvalue weighted by Gasteiger charge is 2.04. The molecule has 134 valence electrons. The van der Waals surface area contributed by atoms with Gasteiger partial charge in [-0.05, 0) is 30.2 Å². The van der Waals surface area contributed by atoms with Crippen molar-refractivity contribution < 1.29 is 4.39 Å². The second-order valence-electron chi connectivity index (χ2n) is 5.78. The Bertz CT molecular complexity index is 840. The van der Waals surface area contributed by atoms with Gasteiger partial charge in [0, 0.05) is 6.54 Å². The number of nitrogens with zero attached hydrogens (tertiary/aromatic N) is 2. The molecule has 0 aliphatic heterocycles. The number of halogens is 1. The normalized spacial score (nSPS) is 11.4. The number of H-pyrrole nitrogens is 1. The molecule has 3 rings (SSSR count). The first-order valence-electron chi connectivity index (χ1n) is 8.60. The van der Waals surface area contributed by atoms with E-state index >= 15 is 0 Å². The highest BCUT2D eigenvalue weighted by Crippen LogP contribution is 2.15. The summed E-state index contributed by atoms with van der Waals surface area (Å²) in [5, 5.41) is 6.45. The summed E-state index contributed by atoms with van der Waals surface area (Å²) in [7, 11) is 0. The third-order valence-corrected chi connectivity index (χ3v) is 3.81. The van der Waals surface area contributed by atoms with Crippen LogP contribution in [0.25, 0.3) is 11.3 Å². The van der Waals surface area contributed by atoms with Crippen molar-refractivity contribution in [3.63, 3.8) is 0 Å². The number of imidazole rings is 1. The quantitative estimate of drug-likeness (QED) is 0.471. The summed E-state index contributed by atoms with van der Waals surface area (Å²) in [5.74, 6) is 1.28. The Kier molecular flexibility index (Phi) is 5.98. The van der Waals surface area contributed by atoms with Gasteiger partial charge in [0.1, 0.15) is 11.6 Å². The molecular formula is C20H22FN5. The van der Waals surface area contributed by atoms with E-state index in [-0.39, 0.29) is 5.82 Å². The van der Waals surface area contributed by atoms with Gasteiger partial charge in [-0.25, -0.2) is 14.4 Å².